The van der Waals surface area contributed by atoms with Crippen molar-refractivity contribution in [3.8, 4) is 0 Å². The molecule has 4 nitrogen and oxygen atoms in total. The molecule has 2 atom stereocenters. The number of carbonyl (C=O) groups is 1. The van der Waals surface area contributed by atoms with Crippen LogP contribution < -0.4 is 5.32 Å². The standard InChI is InChI=1S/C15H31N3O/c1-5-9-18-10-7-8-14(12-18)13(3)16-11-15(19)17(4)6-2/h13-14,16H,5-12H2,1-4H3. The normalized spacial score (nSPS) is 22.2. The van der Waals surface area contributed by atoms with Gasteiger partial charge in [-0.05, 0) is 52.1 Å². The molecule has 1 N–H and O–H groups in total. The van der Waals surface area contributed by atoms with Crippen LogP contribution in [0.15, 0.2) is 0 Å². The van der Waals surface area contributed by atoms with Gasteiger partial charge in [0.15, 0.2) is 0 Å². The Morgan fingerprint density at radius 1 is 1.47 bits per heavy atom. The Morgan fingerprint density at radius 2 is 2.21 bits per heavy atom. The van der Waals surface area contributed by atoms with Crippen molar-refractivity contribution in [3.05, 3.63) is 0 Å². The molecular formula is C15H31N3O. The number of nitrogens with zero attached hydrogens (tertiary/aromatic N) is 2. The highest BCUT2D eigenvalue weighted by Crippen LogP contribution is 2.19. The summed E-state index contributed by atoms with van der Waals surface area (Å²) in [5.41, 5.74) is 0. The van der Waals surface area contributed by atoms with E-state index in [0.29, 0.717) is 18.5 Å². The zero-order valence-corrected chi connectivity index (χ0v) is 13.1. The van der Waals surface area contributed by atoms with Crippen LogP contribution in [0, 0.1) is 5.92 Å². The number of hydrogen-bond donors (Lipinski definition) is 1. The molecule has 1 fully saturated rings. The SMILES string of the molecule is CCCN1CCCC(C(C)NCC(=O)N(C)CC)C1. The Kier molecular flexibility index (Phi) is 7.39. The predicted octanol–water partition coefficient (Wildman–Crippen LogP) is 1.56. The van der Waals surface area contributed by atoms with Crippen molar-refractivity contribution in [1.82, 2.24) is 15.1 Å². The van der Waals surface area contributed by atoms with Crippen molar-refractivity contribution in [2.24, 2.45) is 5.92 Å². The van der Waals surface area contributed by atoms with E-state index in [1.165, 1.54) is 38.9 Å². The maximum atomic E-state index is 11.8. The van der Waals surface area contributed by atoms with Crippen LogP contribution in [0.25, 0.3) is 0 Å². The number of rotatable bonds is 7. The first-order chi connectivity index (χ1) is 9.08. The van der Waals surface area contributed by atoms with E-state index < -0.39 is 0 Å². The van der Waals surface area contributed by atoms with E-state index in [0.717, 1.165) is 6.54 Å². The molecule has 0 aromatic rings. The second-order valence-corrected chi connectivity index (χ2v) is 5.78. The summed E-state index contributed by atoms with van der Waals surface area (Å²) in [4.78, 5) is 16.1. The van der Waals surface area contributed by atoms with Gasteiger partial charge in [0, 0.05) is 26.2 Å². The van der Waals surface area contributed by atoms with Crippen LogP contribution in [-0.4, -0.2) is 61.5 Å². The Balaban J connectivity index is 2.32. The third kappa shape index (κ3) is 5.49. The first kappa shape index (κ1) is 16.4. The zero-order chi connectivity index (χ0) is 14.3. The molecule has 1 heterocycles. The molecule has 0 aromatic heterocycles. The van der Waals surface area contributed by atoms with Gasteiger partial charge >= 0.3 is 0 Å². The lowest BCUT2D eigenvalue weighted by Crippen LogP contribution is -2.47. The summed E-state index contributed by atoms with van der Waals surface area (Å²) in [6.45, 7) is 11.3. The lowest BCUT2D eigenvalue weighted by molar-refractivity contribution is -0.128. The number of likely N-dealkylation sites (tertiary alicyclic amines) is 1. The minimum Gasteiger partial charge on any atom is -0.345 e. The number of nitrogens with one attached hydrogen (secondary N) is 1. The second kappa shape index (κ2) is 8.54. The van der Waals surface area contributed by atoms with Crippen LogP contribution >= 0.6 is 0 Å². The molecule has 112 valence electrons. The predicted molar refractivity (Wildman–Crippen MR) is 80.2 cm³/mol. The topological polar surface area (TPSA) is 35.6 Å². The Morgan fingerprint density at radius 3 is 2.84 bits per heavy atom. The van der Waals surface area contributed by atoms with Gasteiger partial charge in [0.25, 0.3) is 0 Å². The maximum Gasteiger partial charge on any atom is 0.236 e. The lowest BCUT2D eigenvalue weighted by atomic mass is 9.91. The first-order valence-electron chi connectivity index (χ1n) is 7.78. The van der Waals surface area contributed by atoms with Crippen LogP contribution in [0.2, 0.25) is 0 Å². The van der Waals surface area contributed by atoms with Crippen molar-refractivity contribution in [3.63, 3.8) is 0 Å². The summed E-state index contributed by atoms with van der Waals surface area (Å²) >= 11 is 0. The van der Waals surface area contributed by atoms with E-state index >= 15 is 0 Å². The fourth-order valence-corrected chi connectivity index (χ4v) is 2.75. The first-order valence-corrected chi connectivity index (χ1v) is 7.78. The highest BCUT2D eigenvalue weighted by atomic mass is 16.2. The molecule has 0 saturated carbocycles. The van der Waals surface area contributed by atoms with Crippen LogP contribution in [0.1, 0.15) is 40.0 Å². The summed E-state index contributed by atoms with van der Waals surface area (Å²) in [7, 11) is 1.86. The summed E-state index contributed by atoms with van der Waals surface area (Å²) in [6, 6.07) is 0.425. The van der Waals surface area contributed by atoms with Crippen LogP contribution in [0.5, 0.6) is 0 Å². The van der Waals surface area contributed by atoms with Gasteiger partial charge in [0.05, 0.1) is 6.54 Å². The van der Waals surface area contributed by atoms with Gasteiger partial charge in [-0.1, -0.05) is 6.92 Å². The molecule has 2 unspecified atom stereocenters. The lowest BCUT2D eigenvalue weighted by Gasteiger charge is -2.36. The largest absolute Gasteiger partial charge is 0.345 e. The number of hydrogen-bond acceptors (Lipinski definition) is 3. The maximum absolute atomic E-state index is 11.8. The minimum atomic E-state index is 0.190. The molecule has 0 aliphatic carbocycles. The average molecular weight is 269 g/mol. The summed E-state index contributed by atoms with van der Waals surface area (Å²) in [5.74, 6) is 0.871. The van der Waals surface area contributed by atoms with Crippen molar-refractivity contribution in [2.45, 2.75) is 46.1 Å². The van der Waals surface area contributed by atoms with Gasteiger partial charge in [-0.2, -0.15) is 0 Å². The molecular weight excluding hydrogens is 238 g/mol. The molecule has 0 radical (unpaired) electrons. The summed E-state index contributed by atoms with van der Waals surface area (Å²) in [6.07, 6.45) is 3.81. The van der Waals surface area contributed by atoms with Crippen LogP contribution in [0.4, 0.5) is 0 Å². The molecule has 1 rings (SSSR count). The van der Waals surface area contributed by atoms with Crippen molar-refractivity contribution in [1.29, 1.82) is 0 Å². The third-order valence-corrected chi connectivity index (χ3v) is 4.26. The van der Waals surface area contributed by atoms with E-state index in [1.54, 1.807) is 4.90 Å². The van der Waals surface area contributed by atoms with E-state index in [2.05, 4.69) is 24.1 Å². The number of amides is 1. The Labute approximate surface area is 118 Å². The van der Waals surface area contributed by atoms with Crippen molar-refractivity contribution in [2.75, 3.05) is 39.8 Å². The molecule has 19 heavy (non-hydrogen) atoms. The van der Waals surface area contributed by atoms with Crippen LogP contribution in [0.3, 0.4) is 0 Å². The van der Waals surface area contributed by atoms with Crippen molar-refractivity contribution >= 4 is 5.91 Å². The molecule has 1 saturated heterocycles. The van der Waals surface area contributed by atoms with Gasteiger partial charge in [0.2, 0.25) is 5.91 Å². The molecule has 0 spiro atoms. The molecule has 4 heteroatoms. The minimum absolute atomic E-state index is 0.190. The number of piperidine rings is 1. The van der Waals surface area contributed by atoms with E-state index in [1.807, 2.05) is 14.0 Å². The number of likely N-dealkylation sites (N-methyl/N-ethyl adjacent to an activating group) is 1. The van der Waals surface area contributed by atoms with Crippen LogP contribution in [-0.2, 0) is 4.79 Å². The molecule has 1 aliphatic rings. The molecule has 1 amide bonds. The smallest absolute Gasteiger partial charge is 0.236 e. The fraction of sp³-hybridized carbons (Fsp3) is 0.933. The third-order valence-electron chi connectivity index (χ3n) is 4.26. The van der Waals surface area contributed by atoms with Gasteiger partial charge in [0.1, 0.15) is 0 Å². The monoisotopic (exact) mass is 269 g/mol. The summed E-state index contributed by atoms with van der Waals surface area (Å²) in [5, 5.41) is 3.41. The van der Waals surface area contributed by atoms with Crippen molar-refractivity contribution < 1.29 is 4.79 Å². The Bertz CT molecular complexity index is 268. The van der Waals surface area contributed by atoms with Gasteiger partial charge in [-0.15, -0.1) is 0 Å². The molecule has 0 aromatic carbocycles. The molecule has 1 aliphatic heterocycles. The highest BCUT2D eigenvalue weighted by molar-refractivity contribution is 5.77. The zero-order valence-electron chi connectivity index (χ0n) is 13.1. The van der Waals surface area contributed by atoms with E-state index in [9.17, 15) is 4.79 Å². The van der Waals surface area contributed by atoms with Gasteiger partial charge in [-0.3, -0.25) is 4.79 Å². The molecule has 0 bridgehead atoms. The van der Waals surface area contributed by atoms with E-state index in [-0.39, 0.29) is 5.91 Å². The summed E-state index contributed by atoms with van der Waals surface area (Å²) < 4.78 is 0. The fourth-order valence-electron chi connectivity index (χ4n) is 2.75. The Hall–Kier alpha value is -0.610. The van der Waals surface area contributed by atoms with E-state index in [4.69, 9.17) is 0 Å². The average Bonchev–Trinajstić information content (AvgIpc) is 2.44. The quantitative estimate of drug-likeness (QED) is 0.762. The second-order valence-electron chi connectivity index (χ2n) is 5.78. The van der Waals surface area contributed by atoms with Gasteiger partial charge < -0.3 is 15.1 Å². The number of carbonyl (C=O) groups excluding carboxylic acids is 1. The van der Waals surface area contributed by atoms with Gasteiger partial charge in [-0.25, -0.2) is 0 Å². The highest BCUT2D eigenvalue weighted by Gasteiger charge is 2.24.